The maximum atomic E-state index is 5.72. The highest BCUT2D eigenvalue weighted by Crippen LogP contribution is 2.13. The van der Waals surface area contributed by atoms with Crippen molar-refractivity contribution in [2.24, 2.45) is 0 Å². The zero-order valence-corrected chi connectivity index (χ0v) is 9.28. The summed E-state index contributed by atoms with van der Waals surface area (Å²) < 4.78 is 0. The molecule has 0 saturated carbocycles. The lowest BCUT2D eigenvalue weighted by molar-refractivity contribution is 0.311. The molecule has 0 spiro atoms. The van der Waals surface area contributed by atoms with Crippen molar-refractivity contribution in [1.29, 1.82) is 0 Å². The summed E-state index contributed by atoms with van der Waals surface area (Å²) in [6.45, 7) is 3.75. The summed E-state index contributed by atoms with van der Waals surface area (Å²) >= 11 is 5.72. The molecule has 1 aliphatic heterocycles. The SMILES string of the molecule is CN1CCN(c2nc(N)nc(Cl)n2)CC1. The van der Waals surface area contributed by atoms with Crippen LogP contribution in [-0.4, -0.2) is 53.1 Å². The van der Waals surface area contributed by atoms with Crippen LogP contribution in [0.2, 0.25) is 5.28 Å². The fourth-order valence-corrected chi connectivity index (χ4v) is 1.66. The van der Waals surface area contributed by atoms with E-state index in [9.17, 15) is 0 Å². The average Bonchev–Trinajstić information content (AvgIpc) is 2.17. The van der Waals surface area contributed by atoms with E-state index in [1.165, 1.54) is 0 Å². The molecule has 0 aromatic carbocycles. The summed E-state index contributed by atoms with van der Waals surface area (Å²) in [6.07, 6.45) is 0. The molecule has 1 saturated heterocycles. The highest BCUT2D eigenvalue weighted by molar-refractivity contribution is 6.28. The van der Waals surface area contributed by atoms with E-state index in [0.717, 1.165) is 26.2 Å². The summed E-state index contributed by atoms with van der Waals surface area (Å²) in [5.74, 6) is 0.740. The minimum Gasteiger partial charge on any atom is -0.368 e. The summed E-state index contributed by atoms with van der Waals surface area (Å²) in [4.78, 5) is 16.2. The number of aromatic nitrogens is 3. The molecule has 82 valence electrons. The number of halogens is 1. The second kappa shape index (κ2) is 4.16. The zero-order valence-electron chi connectivity index (χ0n) is 8.52. The van der Waals surface area contributed by atoms with Crippen LogP contribution in [0.25, 0.3) is 0 Å². The first-order valence-electron chi connectivity index (χ1n) is 4.76. The lowest BCUT2D eigenvalue weighted by Gasteiger charge is -2.32. The number of likely N-dealkylation sites (N-methyl/N-ethyl adjacent to an activating group) is 1. The number of hydrogen-bond acceptors (Lipinski definition) is 6. The first-order valence-corrected chi connectivity index (χ1v) is 5.13. The van der Waals surface area contributed by atoms with E-state index in [1.807, 2.05) is 0 Å². The highest BCUT2D eigenvalue weighted by atomic mass is 35.5. The van der Waals surface area contributed by atoms with Gasteiger partial charge in [-0.1, -0.05) is 0 Å². The van der Waals surface area contributed by atoms with Crippen LogP contribution in [0.1, 0.15) is 0 Å². The Balaban J connectivity index is 2.15. The summed E-state index contributed by atoms with van der Waals surface area (Å²) in [5, 5.41) is 0.149. The number of hydrogen-bond donors (Lipinski definition) is 1. The van der Waals surface area contributed by atoms with Crippen LogP contribution >= 0.6 is 11.6 Å². The van der Waals surface area contributed by atoms with E-state index in [4.69, 9.17) is 17.3 Å². The van der Waals surface area contributed by atoms with E-state index in [2.05, 4.69) is 31.8 Å². The number of rotatable bonds is 1. The van der Waals surface area contributed by atoms with Gasteiger partial charge in [0.2, 0.25) is 17.2 Å². The maximum absolute atomic E-state index is 5.72. The zero-order chi connectivity index (χ0) is 10.8. The quantitative estimate of drug-likeness (QED) is 0.722. The van der Waals surface area contributed by atoms with Crippen LogP contribution in [0.4, 0.5) is 11.9 Å². The molecule has 2 heterocycles. The lowest BCUT2D eigenvalue weighted by Crippen LogP contribution is -2.45. The van der Waals surface area contributed by atoms with Crippen LogP contribution in [0, 0.1) is 0 Å². The van der Waals surface area contributed by atoms with Gasteiger partial charge in [-0.15, -0.1) is 0 Å². The van der Waals surface area contributed by atoms with E-state index < -0.39 is 0 Å². The van der Waals surface area contributed by atoms with Crippen LogP contribution in [0.3, 0.4) is 0 Å². The van der Waals surface area contributed by atoms with E-state index in [0.29, 0.717) is 5.95 Å². The molecule has 7 heteroatoms. The van der Waals surface area contributed by atoms with Crippen molar-refractivity contribution in [1.82, 2.24) is 19.9 Å². The molecular weight excluding hydrogens is 216 g/mol. The Morgan fingerprint density at radius 3 is 2.40 bits per heavy atom. The molecule has 0 bridgehead atoms. The van der Waals surface area contributed by atoms with Gasteiger partial charge in [0.25, 0.3) is 0 Å². The number of nitrogen functional groups attached to an aromatic ring is 1. The first kappa shape index (κ1) is 10.4. The Bertz CT molecular complexity index is 329. The number of nitrogens with zero attached hydrogens (tertiary/aromatic N) is 5. The van der Waals surface area contributed by atoms with Crippen molar-refractivity contribution in [3.8, 4) is 0 Å². The van der Waals surface area contributed by atoms with Crippen molar-refractivity contribution in [3.05, 3.63) is 5.28 Å². The van der Waals surface area contributed by atoms with Crippen LogP contribution in [0.15, 0.2) is 0 Å². The van der Waals surface area contributed by atoms with Gasteiger partial charge in [0.05, 0.1) is 0 Å². The third kappa shape index (κ3) is 2.45. The van der Waals surface area contributed by atoms with Crippen LogP contribution in [-0.2, 0) is 0 Å². The Kier molecular flexibility index (Phi) is 2.88. The standard InChI is InChI=1S/C8H13ClN6/c1-14-2-4-15(5-3-14)8-12-6(9)11-7(10)13-8/h2-5H2,1H3,(H2,10,11,12,13). The monoisotopic (exact) mass is 228 g/mol. The van der Waals surface area contributed by atoms with Gasteiger partial charge in [0.15, 0.2) is 0 Å². The summed E-state index contributed by atoms with van der Waals surface area (Å²) in [7, 11) is 2.09. The van der Waals surface area contributed by atoms with Crippen LogP contribution in [0.5, 0.6) is 0 Å². The van der Waals surface area contributed by atoms with Gasteiger partial charge >= 0.3 is 0 Å². The summed E-state index contributed by atoms with van der Waals surface area (Å²) in [6, 6.07) is 0. The number of nitrogens with two attached hydrogens (primary N) is 1. The van der Waals surface area contributed by atoms with Gasteiger partial charge in [0, 0.05) is 26.2 Å². The average molecular weight is 229 g/mol. The van der Waals surface area contributed by atoms with Crippen molar-refractivity contribution in [2.45, 2.75) is 0 Å². The van der Waals surface area contributed by atoms with Gasteiger partial charge < -0.3 is 15.5 Å². The molecule has 0 aliphatic carbocycles. The molecule has 0 amide bonds. The molecule has 1 aliphatic rings. The normalized spacial score (nSPS) is 18.1. The molecule has 2 rings (SSSR count). The third-order valence-electron chi connectivity index (χ3n) is 2.40. The fourth-order valence-electron chi connectivity index (χ4n) is 1.50. The smallest absolute Gasteiger partial charge is 0.231 e. The van der Waals surface area contributed by atoms with Gasteiger partial charge in [-0.2, -0.15) is 15.0 Å². The second-order valence-corrected chi connectivity index (χ2v) is 3.89. The Morgan fingerprint density at radius 1 is 1.13 bits per heavy atom. The van der Waals surface area contributed by atoms with Crippen molar-refractivity contribution >= 4 is 23.5 Å². The summed E-state index contributed by atoms with van der Waals surface area (Å²) in [5.41, 5.74) is 5.51. The van der Waals surface area contributed by atoms with E-state index >= 15 is 0 Å². The van der Waals surface area contributed by atoms with E-state index in [1.54, 1.807) is 0 Å². The fraction of sp³-hybridized carbons (Fsp3) is 0.625. The van der Waals surface area contributed by atoms with Gasteiger partial charge in [-0.05, 0) is 18.6 Å². The topological polar surface area (TPSA) is 71.2 Å². The molecule has 1 aromatic rings. The number of anilines is 2. The Hall–Kier alpha value is -1.14. The molecule has 15 heavy (non-hydrogen) atoms. The second-order valence-electron chi connectivity index (χ2n) is 3.55. The first-order chi connectivity index (χ1) is 7.15. The van der Waals surface area contributed by atoms with Gasteiger partial charge in [-0.25, -0.2) is 0 Å². The molecule has 0 radical (unpaired) electrons. The minimum atomic E-state index is 0.149. The molecule has 1 fully saturated rings. The Labute approximate surface area is 93.1 Å². The largest absolute Gasteiger partial charge is 0.368 e. The Morgan fingerprint density at radius 2 is 1.80 bits per heavy atom. The van der Waals surface area contributed by atoms with Crippen LogP contribution < -0.4 is 10.6 Å². The molecule has 2 N–H and O–H groups in total. The maximum Gasteiger partial charge on any atom is 0.231 e. The van der Waals surface area contributed by atoms with Crippen molar-refractivity contribution < 1.29 is 0 Å². The molecular formula is C8H13ClN6. The molecule has 0 atom stereocenters. The predicted molar refractivity (Wildman–Crippen MR) is 59.0 cm³/mol. The third-order valence-corrected chi connectivity index (χ3v) is 2.57. The van der Waals surface area contributed by atoms with Crippen molar-refractivity contribution in [3.63, 3.8) is 0 Å². The molecule has 6 nitrogen and oxygen atoms in total. The lowest BCUT2D eigenvalue weighted by atomic mass is 10.3. The van der Waals surface area contributed by atoms with Gasteiger partial charge in [-0.3, -0.25) is 0 Å². The van der Waals surface area contributed by atoms with E-state index in [-0.39, 0.29) is 11.2 Å². The predicted octanol–water partition coefficient (Wildman–Crippen LogP) is -0.141. The molecule has 1 aromatic heterocycles. The highest BCUT2D eigenvalue weighted by Gasteiger charge is 2.17. The van der Waals surface area contributed by atoms with Gasteiger partial charge in [0.1, 0.15) is 0 Å². The number of piperazine rings is 1. The minimum absolute atomic E-state index is 0.149. The van der Waals surface area contributed by atoms with Crippen molar-refractivity contribution in [2.75, 3.05) is 43.9 Å². The molecule has 0 unspecified atom stereocenters.